The van der Waals surface area contributed by atoms with Crippen molar-refractivity contribution < 1.29 is 5.11 Å². The zero-order valence-corrected chi connectivity index (χ0v) is 12.6. The summed E-state index contributed by atoms with van der Waals surface area (Å²) in [5, 5.41) is 13.1. The first-order valence-corrected chi connectivity index (χ1v) is 7.33. The van der Waals surface area contributed by atoms with E-state index < -0.39 is 0 Å². The van der Waals surface area contributed by atoms with E-state index in [9.17, 15) is 5.11 Å². The second-order valence-corrected chi connectivity index (χ2v) is 6.21. The van der Waals surface area contributed by atoms with Gasteiger partial charge in [-0.05, 0) is 32.4 Å². The second kappa shape index (κ2) is 4.83. The number of rotatable bonds is 3. The van der Waals surface area contributed by atoms with Crippen molar-refractivity contribution >= 4 is 22.0 Å². The van der Waals surface area contributed by atoms with E-state index in [-0.39, 0.29) is 0 Å². The van der Waals surface area contributed by atoms with Gasteiger partial charge in [0.15, 0.2) is 4.96 Å². The van der Waals surface area contributed by atoms with Crippen molar-refractivity contribution in [2.45, 2.75) is 27.3 Å². The molecule has 0 aliphatic carbocycles. The summed E-state index contributed by atoms with van der Waals surface area (Å²) in [6.45, 7) is 6.69. The SMILES string of the molecule is Cc1cn2c(CNc3ccc(C)c(O)c3)c(C)nc2s1. The van der Waals surface area contributed by atoms with Gasteiger partial charge < -0.3 is 10.4 Å². The Kier molecular flexibility index (Phi) is 3.14. The maximum Gasteiger partial charge on any atom is 0.194 e. The number of aromatic nitrogens is 2. The van der Waals surface area contributed by atoms with E-state index in [4.69, 9.17) is 0 Å². The van der Waals surface area contributed by atoms with Gasteiger partial charge in [0.25, 0.3) is 0 Å². The Bertz CT molecular complexity index is 773. The first kappa shape index (κ1) is 13.0. The highest BCUT2D eigenvalue weighted by molar-refractivity contribution is 7.17. The number of phenolic OH excluding ortho intramolecular Hbond substituents is 1. The van der Waals surface area contributed by atoms with Crippen LogP contribution >= 0.6 is 11.3 Å². The van der Waals surface area contributed by atoms with Gasteiger partial charge >= 0.3 is 0 Å². The van der Waals surface area contributed by atoms with Gasteiger partial charge in [-0.1, -0.05) is 6.07 Å². The molecule has 0 saturated carbocycles. The molecule has 0 spiro atoms. The van der Waals surface area contributed by atoms with Crippen LogP contribution in [0.3, 0.4) is 0 Å². The molecule has 2 heterocycles. The topological polar surface area (TPSA) is 49.6 Å². The molecule has 4 nitrogen and oxygen atoms in total. The highest BCUT2D eigenvalue weighted by atomic mass is 32.1. The van der Waals surface area contributed by atoms with Gasteiger partial charge in [-0.15, -0.1) is 11.3 Å². The molecule has 104 valence electrons. The normalized spacial score (nSPS) is 11.2. The average Bonchev–Trinajstić information content (AvgIpc) is 2.87. The van der Waals surface area contributed by atoms with Crippen LogP contribution < -0.4 is 5.32 Å². The van der Waals surface area contributed by atoms with Gasteiger partial charge in [0, 0.05) is 22.8 Å². The van der Waals surface area contributed by atoms with Crippen LogP contribution in [0.25, 0.3) is 4.96 Å². The Balaban J connectivity index is 1.85. The van der Waals surface area contributed by atoms with Gasteiger partial charge in [0.2, 0.25) is 0 Å². The Morgan fingerprint density at radius 1 is 1.30 bits per heavy atom. The summed E-state index contributed by atoms with van der Waals surface area (Å²) in [4.78, 5) is 6.85. The van der Waals surface area contributed by atoms with Crippen LogP contribution in [0.5, 0.6) is 5.75 Å². The molecule has 2 aromatic heterocycles. The minimum absolute atomic E-state index is 0.316. The van der Waals surface area contributed by atoms with E-state index >= 15 is 0 Å². The van der Waals surface area contributed by atoms with Crippen LogP contribution in [0, 0.1) is 20.8 Å². The third kappa shape index (κ3) is 2.25. The Morgan fingerprint density at radius 2 is 2.10 bits per heavy atom. The highest BCUT2D eigenvalue weighted by Gasteiger charge is 2.10. The minimum Gasteiger partial charge on any atom is -0.508 e. The van der Waals surface area contributed by atoms with Gasteiger partial charge in [-0.2, -0.15) is 0 Å². The van der Waals surface area contributed by atoms with Crippen LogP contribution in [-0.2, 0) is 6.54 Å². The Labute approximate surface area is 121 Å². The standard InChI is InChI=1S/C15H17N3OS/c1-9-4-5-12(6-14(9)19)16-7-13-11(3)17-15-18(13)8-10(2)20-15/h4-6,8,16,19H,7H2,1-3H3. The minimum atomic E-state index is 0.316. The molecular weight excluding hydrogens is 270 g/mol. The van der Waals surface area contributed by atoms with Crippen LogP contribution in [0.4, 0.5) is 5.69 Å². The number of aryl methyl sites for hydroxylation is 3. The molecule has 3 aromatic rings. The number of thiazole rings is 1. The lowest BCUT2D eigenvalue weighted by Gasteiger charge is -2.08. The molecule has 0 saturated heterocycles. The first-order chi connectivity index (χ1) is 9.54. The summed E-state index contributed by atoms with van der Waals surface area (Å²) in [6.07, 6.45) is 2.11. The first-order valence-electron chi connectivity index (χ1n) is 6.52. The summed E-state index contributed by atoms with van der Waals surface area (Å²) in [7, 11) is 0. The molecule has 0 atom stereocenters. The van der Waals surface area contributed by atoms with Crippen molar-refractivity contribution in [2.24, 2.45) is 0 Å². The molecule has 0 bridgehead atoms. The molecule has 1 aromatic carbocycles. The maximum absolute atomic E-state index is 9.73. The van der Waals surface area contributed by atoms with E-state index in [1.165, 1.54) is 4.88 Å². The Morgan fingerprint density at radius 3 is 2.85 bits per heavy atom. The van der Waals surface area contributed by atoms with E-state index in [0.717, 1.165) is 27.6 Å². The third-order valence-electron chi connectivity index (χ3n) is 3.41. The van der Waals surface area contributed by atoms with Crippen molar-refractivity contribution in [3.8, 4) is 5.75 Å². The summed E-state index contributed by atoms with van der Waals surface area (Å²) in [5.74, 6) is 0.316. The molecule has 5 heteroatoms. The zero-order chi connectivity index (χ0) is 14.3. The fraction of sp³-hybridized carbons (Fsp3) is 0.267. The van der Waals surface area contributed by atoms with Gasteiger partial charge in [-0.25, -0.2) is 4.98 Å². The number of aromatic hydroxyl groups is 1. The molecule has 2 N–H and O–H groups in total. The number of phenols is 1. The summed E-state index contributed by atoms with van der Waals surface area (Å²) < 4.78 is 2.14. The van der Waals surface area contributed by atoms with Crippen molar-refractivity contribution in [1.29, 1.82) is 0 Å². The van der Waals surface area contributed by atoms with Crippen molar-refractivity contribution in [2.75, 3.05) is 5.32 Å². The average molecular weight is 287 g/mol. The van der Waals surface area contributed by atoms with Gasteiger partial charge in [0.05, 0.1) is 17.9 Å². The highest BCUT2D eigenvalue weighted by Crippen LogP contribution is 2.23. The molecule has 0 aliphatic heterocycles. The van der Waals surface area contributed by atoms with Gasteiger partial charge in [0.1, 0.15) is 5.75 Å². The molecule has 0 fully saturated rings. The molecule has 20 heavy (non-hydrogen) atoms. The number of benzene rings is 1. The van der Waals surface area contributed by atoms with Crippen LogP contribution in [-0.4, -0.2) is 14.5 Å². The van der Waals surface area contributed by atoms with Crippen molar-refractivity contribution in [1.82, 2.24) is 9.38 Å². The lowest BCUT2D eigenvalue weighted by atomic mass is 10.2. The summed E-state index contributed by atoms with van der Waals surface area (Å²) >= 11 is 1.70. The molecule has 0 amide bonds. The fourth-order valence-electron chi connectivity index (χ4n) is 2.23. The number of fused-ring (bicyclic) bond motifs is 1. The van der Waals surface area contributed by atoms with Crippen molar-refractivity contribution in [3.05, 3.63) is 46.2 Å². The largest absolute Gasteiger partial charge is 0.508 e. The van der Waals surface area contributed by atoms with Crippen LogP contribution in [0.2, 0.25) is 0 Å². The number of imidazole rings is 1. The lowest BCUT2D eigenvalue weighted by molar-refractivity contribution is 0.471. The molecule has 0 radical (unpaired) electrons. The molecule has 3 rings (SSSR count). The molecule has 0 unspecified atom stereocenters. The predicted molar refractivity (Wildman–Crippen MR) is 82.7 cm³/mol. The summed E-state index contributed by atoms with van der Waals surface area (Å²) in [5.41, 5.74) is 3.99. The van der Waals surface area contributed by atoms with Crippen molar-refractivity contribution in [3.63, 3.8) is 0 Å². The lowest BCUT2D eigenvalue weighted by Crippen LogP contribution is -2.03. The van der Waals surface area contributed by atoms with E-state index in [2.05, 4.69) is 27.8 Å². The third-order valence-corrected chi connectivity index (χ3v) is 4.31. The van der Waals surface area contributed by atoms with Gasteiger partial charge in [-0.3, -0.25) is 4.40 Å². The molecule has 0 aliphatic rings. The van der Waals surface area contributed by atoms with E-state index in [1.807, 2.05) is 26.0 Å². The smallest absolute Gasteiger partial charge is 0.194 e. The fourth-order valence-corrected chi connectivity index (χ4v) is 3.12. The molecular formula is C15H17N3OS. The number of anilines is 1. The number of hydrogen-bond donors (Lipinski definition) is 2. The van der Waals surface area contributed by atoms with E-state index in [0.29, 0.717) is 12.3 Å². The predicted octanol–water partition coefficient (Wildman–Crippen LogP) is 3.64. The maximum atomic E-state index is 9.73. The zero-order valence-electron chi connectivity index (χ0n) is 11.8. The number of nitrogens with one attached hydrogen (secondary N) is 1. The van der Waals surface area contributed by atoms with Crippen LogP contribution in [0.1, 0.15) is 21.8 Å². The second-order valence-electron chi connectivity index (χ2n) is 4.99. The Hall–Kier alpha value is -2.01. The summed E-state index contributed by atoms with van der Waals surface area (Å²) in [6, 6.07) is 5.63. The monoisotopic (exact) mass is 287 g/mol. The van der Waals surface area contributed by atoms with Crippen LogP contribution in [0.15, 0.2) is 24.4 Å². The quantitative estimate of drug-likeness (QED) is 0.773. The number of nitrogens with zero attached hydrogens (tertiary/aromatic N) is 2. The number of hydrogen-bond acceptors (Lipinski definition) is 4. The van der Waals surface area contributed by atoms with E-state index in [1.54, 1.807) is 17.4 Å².